The Morgan fingerprint density at radius 1 is 1.21 bits per heavy atom. The molecule has 0 radical (unpaired) electrons. The monoisotopic (exact) mass is 338 g/mol. The number of carboxylic acid groups (broad SMARTS) is 1. The number of rotatable bonds is 6. The van der Waals surface area contributed by atoms with E-state index >= 15 is 0 Å². The number of carboxylic acids is 1. The number of aliphatic carboxylic acids is 1. The van der Waals surface area contributed by atoms with Crippen molar-refractivity contribution in [2.24, 2.45) is 17.8 Å². The maximum atomic E-state index is 12.4. The molecule has 0 spiro atoms. The van der Waals surface area contributed by atoms with Gasteiger partial charge >= 0.3 is 5.97 Å². The molecule has 132 valence electrons. The van der Waals surface area contributed by atoms with Crippen molar-refractivity contribution in [1.82, 2.24) is 10.2 Å². The third kappa shape index (κ3) is 2.79. The summed E-state index contributed by atoms with van der Waals surface area (Å²) in [6.07, 6.45) is 1.36. The van der Waals surface area contributed by atoms with Crippen LogP contribution in [0.3, 0.4) is 0 Å². The van der Waals surface area contributed by atoms with Crippen molar-refractivity contribution < 1.29 is 29.0 Å². The van der Waals surface area contributed by atoms with Gasteiger partial charge in [-0.1, -0.05) is 13.8 Å². The predicted octanol–water partition coefficient (Wildman–Crippen LogP) is -0.236. The van der Waals surface area contributed by atoms with Gasteiger partial charge < -0.3 is 15.2 Å². The highest BCUT2D eigenvalue weighted by Crippen LogP contribution is 2.48. The fourth-order valence-electron chi connectivity index (χ4n) is 4.01. The minimum Gasteiger partial charge on any atom is -0.480 e. The zero-order valence-corrected chi connectivity index (χ0v) is 13.7. The number of hydrogen-bond donors (Lipinski definition) is 2. The molecule has 3 aliphatic heterocycles. The van der Waals surface area contributed by atoms with Crippen LogP contribution >= 0.6 is 0 Å². The highest BCUT2D eigenvalue weighted by molar-refractivity contribution is 6.08. The number of carbonyl (C=O) groups excluding carboxylic acids is 3. The Balaban J connectivity index is 1.63. The number of carbonyl (C=O) groups is 4. The van der Waals surface area contributed by atoms with E-state index in [1.807, 2.05) is 13.8 Å². The second-order valence-electron chi connectivity index (χ2n) is 7.19. The van der Waals surface area contributed by atoms with Gasteiger partial charge in [0, 0.05) is 0 Å². The van der Waals surface area contributed by atoms with E-state index in [0.29, 0.717) is 0 Å². The summed E-state index contributed by atoms with van der Waals surface area (Å²) in [7, 11) is 0. The average Bonchev–Trinajstić information content (AvgIpc) is 3.16. The molecule has 3 fully saturated rings. The van der Waals surface area contributed by atoms with Crippen LogP contribution in [0.4, 0.5) is 0 Å². The van der Waals surface area contributed by atoms with Crippen LogP contribution in [0, 0.1) is 17.8 Å². The van der Waals surface area contributed by atoms with Crippen LogP contribution in [0.15, 0.2) is 0 Å². The van der Waals surface area contributed by atoms with Crippen molar-refractivity contribution in [2.75, 3.05) is 6.54 Å². The van der Waals surface area contributed by atoms with Gasteiger partial charge in [0.2, 0.25) is 17.7 Å². The fraction of sp³-hybridized carbons (Fsp3) is 0.750. The number of amides is 3. The zero-order chi connectivity index (χ0) is 17.6. The van der Waals surface area contributed by atoms with Gasteiger partial charge in [0.25, 0.3) is 0 Å². The van der Waals surface area contributed by atoms with Gasteiger partial charge in [-0.25, -0.2) is 4.79 Å². The van der Waals surface area contributed by atoms with Crippen molar-refractivity contribution in [1.29, 1.82) is 0 Å². The quantitative estimate of drug-likeness (QED) is 0.647. The van der Waals surface area contributed by atoms with Gasteiger partial charge in [0.1, 0.15) is 12.6 Å². The van der Waals surface area contributed by atoms with E-state index < -0.39 is 36.3 Å². The van der Waals surface area contributed by atoms with Crippen LogP contribution in [0.25, 0.3) is 0 Å². The number of imide groups is 1. The summed E-state index contributed by atoms with van der Waals surface area (Å²) in [6.45, 7) is 3.28. The molecule has 2 N–H and O–H groups in total. The molecule has 0 saturated carbocycles. The molecular weight excluding hydrogens is 316 g/mol. The molecule has 8 nitrogen and oxygen atoms in total. The van der Waals surface area contributed by atoms with Crippen molar-refractivity contribution in [3.8, 4) is 0 Å². The third-order valence-electron chi connectivity index (χ3n) is 5.02. The first kappa shape index (κ1) is 16.9. The molecule has 3 amide bonds. The topological polar surface area (TPSA) is 113 Å². The Morgan fingerprint density at radius 3 is 2.21 bits per heavy atom. The molecule has 3 saturated heterocycles. The number of hydrogen-bond acceptors (Lipinski definition) is 5. The number of likely N-dealkylation sites (tertiary alicyclic amines) is 1. The minimum absolute atomic E-state index is 0.0913. The molecule has 0 aliphatic carbocycles. The van der Waals surface area contributed by atoms with Gasteiger partial charge in [-0.3, -0.25) is 19.3 Å². The summed E-state index contributed by atoms with van der Waals surface area (Å²) >= 11 is 0. The first-order chi connectivity index (χ1) is 11.3. The molecular formula is C16H22N2O6. The second kappa shape index (κ2) is 6.16. The molecule has 3 aliphatic rings. The van der Waals surface area contributed by atoms with E-state index in [2.05, 4.69) is 5.32 Å². The first-order valence-corrected chi connectivity index (χ1v) is 8.32. The Bertz CT molecular complexity index is 561. The van der Waals surface area contributed by atoms with Crippen LogP contribution in [0.1, 0.15) is 33.1 Å². The fourth-order valence-corrected chi connectivity index (χ4v) is 4.01. The van der Waals surface area contributed by atoms with Gasteiger partial charge in [-0.2, -0.15) is 0 Å². The average molecular weight is 338 g/mol. The van der Waals surface area contributed by atoms with E-state index in [9.17, 15) is 19.2 Å². The Labute approximate surface area is 139 Å². The summed E-state index contributed by atoms with van der Waals surface area (Å²) < 4.78 is 5.63. The molecule has 3 heterocycles. The summed E-state index contributed by atoms with van der Waals surface area (Å²) in [6, 6.07) is -1.02. The van der Waals surface area contributed by atoms with Crippen LogP contribution in [0.2, 0.25) is 0 Å². The van der Waals surface area contributed by atoms with Crippen molar-refractivity contribution >= 4 is 23.7 Å². The highest BCUT2D eigenvalue weighted by Gasteiger charge is 2.62. The van der Waals surface area contributed by atoms with Gasteiger partial charge in [0.15, 0.2) is 0 Å². The lowest BCUT2D eigenvalue weighted by Crippen LogP contribution is -2.48. The van der Waals surface area contributed by atoms with E-state index in [4.69, 9.17) is 9.84 Å². The zero-order valence-electron chi connectivity index (χ0n) is 13.7. The number of fused-ring (bicyclic) bond motifs is 5. The Hall–Kier alpha value is -1.96. The molecule has 0 aromatic heterocycles. The smallest absolute Gasteiger partial charge is 0.326 e. The summed E-state index contributed by atoms with van der Waals surface area (Å²) in [4.78, 5) is 49.2. The molecule has 24 heavy (non-hydrogen) atoms. The van der Waals surface area contributed by atoms with E-state index in [-0.39, 0.29) is 36.4 Å². The maximum Gasteiger partial charge on any atom is 0.326 e. The molecule has 0 aromatic rings. The molecule has 2 bridgehead atoms. The lowest BCUT2D eigenvalue weighted by atomic mass is 9.81. The molecule has 3 rings (SSSR count). The van der Waals surface area contributed by atoms with Crippen molar-refractivity contribution in [3.05, 3.63) is 0 Å². The highest BCUT2D eigenvalue weighted by atomic mass is 16.5. The number of ether oxygens (including phenoxy) is 1. The summed E-state index contributed by atoms with van der Waals surface area (Å²) in [5.41, 5.74) is 0. The second-order valence-corrected chi connectivity index (χ2v) is 7.19. The maximum absolute atomic E-state index is 12.4. The molecule has 4 unspecified atom stereocenters. The minimum atomic E-state index is -1.13. The van der Waals surface area contributed by atoms with Crippen molar-refractivity contribution in [3.63, 3.8) is 0 Å². The summed E-state index contributed by atoms with van der Waals surface area (Å²) in [5, 5.41) is 11.6. The largest absolute Gasteiger partial charge is 0.480 e. The van der Waals surface area contributed by atoms with Gasteiger partial charge in [0.05, 0.1) is 24.0 Å². The third-order valence-corrected chi connectivity index (χ3v) is 5.02. The van der Waals surface area contributed by atoms with Gasteiger partial charge in [-0.15, -0.1) is 0 Å². The number of nitrogens with zero attached hydrogens (tertiary/aromatic N) is 1. The number of nitrogens with one attached hydrogen (secondary N) is 1. The first-order valence-electron chi connectivity index (χ1n) is 8.32. The van der Waals surface area contributed by atoms with Crippen LogP contribution in [-0.4, -0.2) is 58.5 Å². The van der Waals surface area contributed by atoms with E-state index in [1.165, 1.54) is 0 Å². The van der Waals surface area contributed by atoms with E-state index in [0.717, 1.165) is 17.7 Å². The van der Waals surface area contributed by atoms with Crippen LogP contribution < -0.4 is 5.32 Å². The van der Waals surface area contributed by atoms with Crippen LogP contribution in [-0.2, 0) is 23.9 Å². The molecule has 0 aromatic carbocycles. The van der Waals surface area contributed by atoms with E-state index in [1.54, 1.807) is 0 Å². The lowest BCUT2D eigenvalue weighted by Gasteiger charge is -2.20. The Kier molecular flexibility index (Phi) is 4.33. The normalized spacial score (nSPS) is 32.4. The van der Waals surface area contributed by atoms with Gasteiger partial charge in [-0.05, 0) is 25.2 Å². The van der Waals surface area contributed by atoms with Crippen molar-refractivity contribution in [2.45, 2.75) is 51.4 Å². The lowest BCUT2D eigenvalue weighted by molar-refractivity contribution is -0.146. The summed E-state index contributed by atoms with van der Waals surface area (Å²) in [5.74, 6) is -3.36. The Morgan fingerprint density at radius 2 is 1.75 bits per heavy atom. The molecule has 5 atom stereocenters. The SMILES string of the molecule is CC(C)C[C@H](NC(=O)CN1C(=O)C2C3CCC(O3)C2C1=O)C(=O)O. The van der Waals surface area contributed by atoms with Crippen LogP contribution in [0.5, 0.6) is 0 Å². The predicted molar refractivity (Wildman–Crippen MR) is 80.6 cm³/mol. The standard InChI is InChI=1S/C16H22N2O6/c1-7(2)5-8(16(22)23)17-11(19)6-18-14(20)12-9-3-4-10(24-9)13(12)15(18)21/h7-10,12-13H,3-6H2,1-2H3,(H,17,19)(H,22,23)/t8-,9?,10?,12?,13?/m0/s1. The molecule has 8 heteroatoms.